The second-order valence-corrected chi connectivity index (χ2v) is 3.39. The number of halogens is 1. The molecule has 1 aromatic carbocycles. The van der Waals surface area contributed by atoms with Crippen molar-refractivity contribution >= 4 is 22.6 Å². The van der Waals surface area contributed by atoms with Crippen molar-refractivity contribution < 1.29 is 0 Å². The predicted octanol–water partition coefficient (Wildman–Crippen LogP) is 2.80. The third-order valence-corrected chi connectivity index (χ3v) is 2.37. The van der Waals surface area contributed by atoms with Crippen molar-refractivity contribution in [3.8, 4) is 0 Å². The Balaban J connectivity index is 2.77. The van der Waals surface area contributed by atoms with Crippen molar-refractivity contribution in [2.75, 3.05) is 0 Å². The molecule has 2 nitrogen and oxygen atoms in total. The molecule has 0 saturated heterocycles. The third-order valence-electron chi connectivity index (χ3n) is 2.14. The number of fused-ring (bicyclic) bond motifs is 1. The molecule has 1 radical (unpaired) electrons. The van der Waals surface area contributed by atoms with E-state index in [-0.39, 0.29) is 0 Å². The lowest BCUT2D eigenvalue weighted by Gasteiger charge is -1.97. The molecule has 67 valence electrons. The van der Waals surface area contributed by atoms with E-state index in [1.807, 2.05) is 43.2 Å². The molecule has 0 aliphatic carbocycles. The molecule has 2 rings (SSSR count). The molecule has 13 heavy (non-hydrogen) atoms. The Labute approximate surface area is 82.1 Å². The van der Waals surface area contributed by atoms with E-state index in [0.717, 1.165) is 21.9 Å². The lowest BCUT2D eigenvalue weighted by molar-refractivity contribution is 0.894. The standard InChI is InChI=1S/C10H10ClN2/c1-3-10-12-8-5-4-7(11)6-9(8)13(10)2/h3-6H,1-2H3. The van der Waals surface area contributed by atoms with E-state index in [1.54, 1.807) is 0 Å². The molecule has 1 heterocycles. The zero-order valence-electron chi connectivity index (χ0n) is 7.58. The molecular formula is C10H10ClN2. The number of imidazole rings is 1. The average Bonchev–Trinajstić information content (AvgIpc) is 2.44. The van der Waals surface area contributed by atoms with Gasteiger partial charge in [0.1, 0.15) is 5.82 Å². The maximum Gasteiger partial charge on any atom is 0.113 e. The second kappa shape index (κ2) is 3.04. The van der Waals surface area contributed by atoms with Crippen LogP contribution < -0.4 is 0 Å². The number of rotatable bonds is 1. The average molecular weight is 194 g/mol. The van der Waals surface area contributed by atoms with Crippen LogP contribution in [0.2, 0.25) is 5.02 Å². The molecule has 0 saturated carbocycles. The molecule has 0 N–H and O–H groups in total. The van der Waals surface area contributed by atoms with E-state index in [1.165, 1.54) is 0 Å². The SMILES string of the molecule is C[CH]c1nc2ccc(Cl)cc2n1C. The number of aryl methyl sites for hydroxylation is 1. The number of benzene rings is 1. The minimum absolute atomic E-state index is 0.748. The quantitative estimate of drug-likeness (QED) is 0.681. The van der Waals surface area contributed by atoms with Crippen LogP contribution in [-0.2, 0) is 7.05 Å². The van der Waals surface area contributed by atoms with Gasteiger partial charge in [-0.25, -0.2) is 4.98 Å². The van der Waals surface area contributed by atoms with E-state index in [2.05, 4.69) is 4.98 Å². The van der Waals surface area contributed by atoms with Gasteiger partial charge in [-0.3, -0.25) is 0 Å². The summed E-state index contributed by atoms with van der Waals surface area (Å²) in [4.78, 5) is 4.42. The van der Waals surface area contributed by atoms with Gasteiger partial charge in [0.15, 0.2) is 0 Å². The van der Waals surface area contributed by atoms with Gasteiger partial charge in [0, 0.05) is 18.5 Å². The molecule has 0 amide bonds. The van der Waals surface area contributed by atoms with Gasteiger partial charge in [0.25, 0.3) is 0 Å². The molecule has 0 bridgehead atoms. The Kier molecular flexibility index (Phi) is 2.00. The molecule has 0 aliphatic rings. The molecule has 2 aromatic rings. The molecule has 0 spiro atoms. The Morgan fingerprint density at radius 1 is 1.46 bits per heavy atom. The lowest BCUT2D eigenvalue weighted by atomic mass is 10.3. The fourth-order valence-corrected chi connectivity index (χ4v) is 1.61. The summed E-state index contributed by atoms with van der Waals surface area (Å²) in [5, 5.41) is 0.748. The fraction of sp³-hybridized carbons (Fsp3) is 0.200. The molecular weight excluding hydrogens is 184 g/mol. The summed E-state index contributed by atoms with van der Waals surface area (Å²) in [5.41, 5.74) is 2.06. The van der Waals surface area contributed by atoms with Crippen molar-refractivity contribution in [1.82, 2.24) is 9.55 Å². The van der Waals surface area contributed by atoms with Crippen LogP contribution in [0.25, 0.3) is 11.0 Å². The monoisotopic (exact) mass is 193 g/mol. The molecule has 0 atom stereocenters. The Morgan fingerprint density at radius 3 is 2.92 bits per heavy atom. The first-order valence-electron chi connectivity index (χ1n) is 4.13. The minimum Gasteiger partial charge on any atom is -0.331 e. The summed E-state index contributed by atoms with van der Waals surface area (Å²) in [6.45, 7) is 1.98. The molecule has 1 aromatic heterocycles. The predicted molar refractivity (Wildman–Crippen MR) is 54.8 cm³/mol. The Morgan fingerprint density at radius 2 is 2.23 bits per heavy atom. The fourth-order valence-electron chi connectivity index (χ4n) is 1.44. The van der Waals surface area contributed by atoms with Crippen molar-refractivity contribution in [2.45, 2.75) is 6.92 Å². The summed E-state index contributed by atoms with van der Waals surface area (Å²) in [5.74, 6) is 0.970. The summed E-state index contributed by atoms with van der Waals surface area (Å²) in [7, 11) is 1.99. The number of aromatic nitrogens is 2. The van der Waals surface area contributed by atoms with Gasteiger partial charge >= 0.3 is 0 Å². The van der Waals surface area contributed by atoms with Gasteiger partial charge in [-0.15, -0.1) is 0 Å². The van der Waals surface area contributed by atoms with Gasteiger partial charge < -0.3 is 4.57 Å². The summed E-state index contributed by atoms with van der Waals surface area (Å²) in [6.07, 6.45) is 1.98. The molecule has 0 fully saturated rings. The largest absolute Gasteiger partial charge is 0.331 e. The molecule has 3 heteroatoms. The summed E-state index contributed by atoms with van der Waals surface area (Å²) < 4.78 is 2.03. The van der Waals surface area contributed by atoms with Crippen molar-refractivity contribution in [1.29, 1.82) is 0 Å². The van der Waals surface area contributed by atoms with E-state index >= 15 is 0 Å². The molecule has 0 unspecified atom stereocenters. The van der Waals surface area contributed by atoms with Crippen LogP contribution in [0.4, 0.5) is 0 Å². The maximum absolute atomic E-state index is 5.89. The topological polar surface area (TPSA) is 17.8 Å². The summed E-state index contributed by atoms with van der Waals surface area (Å²) in [6, 6.07) is 5.72. The van der Waals surface area contributed by atoms with Gasteiger partial charge in [-0.05, 0) is 18.2 Å². The Hall–Kier alpha value is -1.02. The maximum atomic E-state index is 5.89. The first kappa shape index (κ1) is 8.57. The van der Waals surface area contributed by atoms with Gasteiger partial charge in [-0.1, -0.05) is 18.5 Å². The van der Waals surface area contributed by atoms with Crippen LogP contribution in [0.3, 0.4) is 0 Å². The highest BCUT2D eigenvalue weighted by atomic mass is 35.5. The van der Waals surface area contributed by atoms with Crippen LogP contribution in [0.1, 0.15) is 12.7 Å². The zero-order chi connectivity index (χ0) is 9.42. The van der Waals surface area contributed by atoms with E-state index < -0.39 is 0 Å². The smallest absolute Gasteiger partial charge is 0.113 e. The summed E-state index contributed by atoms with van der Waals surface area (Å²) >= 11 is 5.89. The first-order chi connectivity index (χ1) is 6.22. The third kappa shape index (κ3) is 1.31. The second-order valence-electron chi connectivity index (χ2n) is 2.95. The van der Waals surface area contributed by atoms with Crippen molar-refractivity contribution in [3.05, 3.63) is 35.5 Å². The number of hydrogen-bond donors (Lipinski definition) is 0. The highest BCUT2D eigenvalue weighted by Gasteiger charge is 2.05. The van der Waals surface area contributed by atoms with E-state index in [4.69, 9.17) is 11.6 Å². The Bertz CT molecular complexity index is 445. The van der Waals surface area contributed by atoms with Crippen LogP contribution >= 0.6 is 11.6 Å². The van der Waals surface area contributed by atoms with Crippen molar-refractivity contribution in [3.63, 3.8) is 0 Å². The van der Waals surface area contributed by atoms with Crippen LogP contribution in [0.15, 0.2) is 18.2 Å². The van der Waals surface area contributed by atoms with Gasteiger partial charge in [0.2, 0.25) is 0 Å². The van der Waals surface area contributed by atoms with E-state index in [9.17, 15) is 0 Å². The number of hydrogen-bond acceptors (Lipinski definition) is 1. The highest BCUT2D eigenvalue weighted by molar-refractivity contribution is 6.31. The first-order valence-corrected chi connectivity index (χ1v) is 4.51. The van der Waals surface area contributed by atoms with Crippen LogP contribution in [0.5, 0.6) is 0 Å². The normalized spacial score (nSPS) is 11.0. The van der Waals surface area contributed by atoms with Crippen LogP contribution in [0, 0.1) is 6.42 Å². The van der Waals surface area contributed by atoms with Gasteiger partial charge in [0.05, 0.1) is 11.0 Å². The van der Waals surface area contributed by atoms with Crippen LogP contribution in [-0.4, -0.2) is 9.55 Å². The zero-order valence-corrected chi connectivity index (χ0v) is 8.34. The molecule has 0 aliphatic heterocycles. The highest BCUT2D eigenvalue weighted by Crippen LogP contribution is 2.19. The van der Waals surface area contributed by atoms with E-state index in [0.29, 0.717) is 0 Å². The van der Waals surface area contributed by atoms with Crippen molar-refractivity contribution in [2.24, 2.45) is 7.05 Å². The minimum atomic E-state index is 0.748. The van der Waals surface area contributed by atoms with Gasteiger partial charge in [-0.2, -0.15) is 0 Å². The number of nitrogens with zero attached hydrogens (tertiary/aromatic N) is 2. The lowest BCUT2D eigenvalue weighted by Crippen LogP contribution is -1.93.